The molecule has 94 valence electrons. The Morgan fingerprint density at radius 3 is 2.95 bits per heavy atom. The van der Waals surface area contributed by atoms with Crippen molar-refractivity contribution in [2.24, 2.45) is 0 Å². The summed E-state index contributed by atoms with van der Waals surface area (Å²) in [6, 6.07) is 1.77. The van der Waals surface area contributed by atoms with Crippen molar-refractivity contribution in [2.75, 3.05) is 5.32 Å². The Morgan fingerprint density at radius 2 is 2.16 bits per heavy atom. The minimum atomic E-state index is -0.195. The highest BCUT2D eigenvalue weighted by Gasteiger charge is 2.20. The van der Waals surface area contributed by atoms with Crippen LogP contribution in [0.15, 0.2) is 59.4 Å². The SMILES string of the molecule is Cc1cnc(NC(=O)C2=C3C=CC=C3C=C2)c(Cl)c1. The molecule has 3 nitrogen and oxygen atoms in total. The predicted octanol–water partition coefficient (Wildman–Crippen LogP) is 3.34. The first-order chi connectivity index (χ1) is 9.15. The van der Waals surface area contributed by atoms with Crippen molar-refractivity contribution in [2.45, 2.75) is 6.92 Å². The number of nitrogens with one attached hydrogen (secondary N) is 1. The number of pyridine rings is 1. The van der Waals surface area contributed by atoms with Gasteiger partial charge in [0.2, 0.25) is 0 Å². The van der Waals surface area contributed by atoms with Gasteiger partial charge in [-0.15, -0.1) is 0 Å². The molecule has 0 spiro atoms. The molecule has 19 heavy (non-hydrogen) atoms. The molecule has 0 unspecified atom stereocenters. The van der Waals surface area contributed by atoms with Crippen molar-refractivity contribution in [3.8, 4) is 0 Å². The summed E-state index contributed by atoms with van der Waals surface area (Å²) in [5, 5.41) is 3.18. The van der Waals surface area contributed by atoms with Gasteiger partial charge in [0, 0.05) is 11.8 Å². The second kappa shape index (κ2) is 4.52. The smallest absolute Gasteiger partial charge is 0.257 e. The standard InChI is InChI=1S/C15H11ClN2O/c1-9-7-13(16)14(17-8-9)18-15(19)12-6-5-10-3-2-4-11(10)12/h2-8H,1H3,(H,17,18,19). The van der Waals surface area contributed by atoms with Crippen LogP contribution < -0.4 is 5.32 Å². The van der Waals surface area contributed by atoms with E-state index in [2.05, 4.69) is 10.3 Å². The highest BCUT2D eigenvalue weighted by atomic mass is 35.5. The van der Waals surface area contributed by atoms with Crippen LogP contribution in [0.4, 0.5) is 5.82 Å². The third kappa shape index (κ3) is 2.13. The van der Waals surface area contributed by atoms with E-state index in [0.29, 0.717) is 16.4 Å². The fourth-order valence-corrected chi connectivity index (χ4v) is 2.35. The van der Waals surface area contributed by atoms with E-state index < -0.39 is 0 Å². The van der Waals surface area contributed by atoms with Gasteiger partial charge in [0.15, 0.2) is 5.82 Å². The number of hydrogen-bond donors (Lipinski definition) is 1. The molecule has 0 aliphatic heterocycles. The van der Waals surface area contributed by atoms with Crippen molar-refractivity contribution in [1.82, 2.24) is 4.98 Å². The van der Waals surface area contributed by atoms with Gasteiger partial charge in [-0.05, 0) is 35.8 Å². The fraction of sp³-hybridized carbons (Fsp3) is 0.0667. The Balaban J connectivity index is 1.87. The van der Waals surface area contributed by atoms with Crippen LogP contribution in [0.25, 0.3) is 0 Å². The summed E-state index contributed by atoms with van der Waals surface area (Å²) in [6.07, 6.45) is 11.2. The molecular weight excluding hydrogens is 260 g/mol. The fourth-order valence-electron chi connectivity index (χ4n) is 2.09. The van der Waals surface area contributed by atoms with Crippen molar-refractivity contribution in [3.05, 3.63) is 69.9 Å². The molecule has 1 heterocycles. The van der Waals surface area contributed by atoms with Crippen LogP contribution in [0, 0.1) is 6.92 Å². The molecular formula is C15H11ClN2O. The third-order valence-electron chi connectivity index (χ3n) is 3.02. The molecule has 3 rings (SSSR count). The Labute approximate surface area is 116 Å². The summed E-state index contributed by atoms with van der Waals surface area (Å²) < 4.78 is 0. The number of allylic oxidation sites excluding steroid dienone is 6. The average Bonchev–Trinajstić information content (AvgIpc) is 2.94. The summed E-state index contributed by atoms with van der Waals surface area (Å²) in [4.78, 5) is 16.3. The van der Waals surface area contributed by atoms with Crippen LogP contribution >= 0.6 is 11.6 Å². The van der Waals surface area contributed by atoms with Crippen molar-refractivity contribution >= 4 is 23.3 Å². The molecule has 2 aliphatic carbocycles. The highest BCUT2D eigenvalue weighted by Crippen LogP contribution is 2.30. The van der Waals surface area contributed by atoms with Crippen LogP contribution in [-0.2, 0) is 4.79 Å². The van der Waals surface area contributed by atoms with Gasteiger partial charge in [0.05, 0.1) is 5.02 Å². The molecule has 1 aromatic heterocycles. The lowest BCUT2D eigenvalue weighted by atomic mass is 10.1. The largest absolute Gasteiger partial charge is 0.305 e. The Morgan fingerprint density at radius 1 is 1.32 bits per heavy atom. The van der Waals surface area contributed by atoms with E-state index in [4.69, 9.17) is 11.6 Å². The Kier molecular flexibility index (Phi) is 2.84. The number of carbonyl (C=O) groups is 1. The molecule has 2 aliphatic rings. The van der Waals surface area contributed by atoms with Gasteiger partial charge in [0.1, 0.15) is 0 Å². The lowest BCUT2D eigenvalue weighted by Gasteiger charge is -2.07. The molecule has 1 amide bonds. The minimum absolute atomic E-state index is 0.195. The number of anilines is 1. The Bertz CT molecular complexity index is 696. The third-order valence-corrected chi connectivity index (χ3v) is 3.31. The van der Waals surface area contributed by atoms with Crippen LogP contribution in [0.1, 0.15) is 5.56 Å². The van der Waals surface area contributed by atoms with Gasteiger partial charge in [0.25, 0.3) is 5.91 Å². The first kappa shape index (κ1) is 11.9. The van der Waals surface area contributed by atoms with Crippen LogP contribution in [0.2, 0.25) is 5.02 Å². The van der Waals surface area contributed by atoms with E-state index in [1.54, 1.807) is 12.3 Å². The number of halogens is 1. The van der Waals surface area contributed by atoms with Gasteiger partial charge >= 0.3 is 0 Å². The van der Waals surface area contributed by atoms with E-state index in [1.165, 1.54) is 0 Å². The first-order valence-electron chi connectivity index (χ1n) is 5.90. The topological polar surface area (TPSA) is 42.0 Å². The lowest BCUT2D eigenvalue weighted by molar-refractivity contribution is -0.112. The van der Waals surface area contributed by atoms with Crippen molar-refractivity contribution in [3.63, 3.8) is 0 Å². The van der Waals surface area contributed by atoms with Gasteiger partial charge in [-0.1, -0.05) is 35.9 Å². The zero-order chi connectivity index (χ0) is 13.4. The molecule has 0 fully saturated rings. The minimum Gasteiger partial charge on any atom is -0.305 e. The van der Waals surface area contributed by atoms with Gasteiger partial charge in [-0.3, -0.25) is 4.79 Å². The molecule has 0 saturated carbocycles. The monoisotopic (exact) mass is 270 g/mol. The summed E-state index contributed by atoms with van der Waals surface area (Å²) in [5.74, 6) is 0.192. The van der Waals surface area contributed by atoms with Gasteiger partial charge in [-0.2, -0.15) is 0 Å². The van der Waals surface area contributed by atoms with Gasteiger partial charge in [-0.25, -0.2) is 4.98 Å². The molecule has 1 aromatic rings. The lowest BCUT2D eigenvalue weighted by Crippen LogP contribution is -2.15. The predicted molar refractivity (Wildman–Crippen MR) is 76.0 cm³/mol. The molecule has 4 heteroatoms. The molecule has 0 aromatic carbocycles. The van der Waals surface area contributed by atoms with Crippen LogP contribution in [0.5, 0.6) is 0 Å². The number of aryl methyl sites for hydroxylation is 1. The molecule has 0 saturated heterocycles. The molecule has 0 atom stereocenters. The maximum Gasteiger partial charge on any atom is 0.257 e. The maximum atomic E-state index is 12.2. The summed E-state index contributed by atoms with van der Waals surface area (Å²) in [5.41, 5.74) is 3.60. The number of hydrogen-bond acceptors (Lipinski definition) is 2. The summed E-state index contributed by atoms with van der Waals surface area (Å²) in [6.45, 7) is 1.90. The van der Waals surface area contributed by atoms with Crippen LogP contribution in [-0.4, -0.2) is 10.9 Å². The zero-order valence-electron chi connectivity index (χ0n) is 10.3. The molecule has 1 N–H and O–H groups in total. The average molecular weight is 271 g/mol. The first-order valence-corrected chi connectivity index (χ1v) is 6.27. The van der Waals surface area contributed by atoms with Crippen LogP contribution in [0.3, 0.4) is 0 Å². The quantitative estimate of drug-likeness (QED) is 0.895. The zero-order valence-corrected chi connectivity index (χ0v) is 11.0. The summed E-state index contributed by atoms with van der Waals surface area (Å²) >= 11 is 6.05. The molecule has 0 radical (unpaired) electrons. The second-order valence-electron chi connectivity index (χ2n) is 4.44. The number of carbonyl (C=O) groups excluding carboxylic acids is 1. The van der Waals surface area contributed by atoms with Crippen molar-refractivity contribution in [1.29, 1.82) is 0 Å². The highest BCUT2D eigenvalue weighted by molar-refractivity contribution is 6.33. The van der Waals surface area contributed by atoms with E-state index in [1.807, 2.05) is 37.3 Å². The molecule has 0 bridgehead atoms. The number of aromatic nitrogens is 1. The van der Waals surface area contributed by atoms with Gasteiger partial charge < -0.3 is 5.32 Å². The normalized spacial score (nSPS) is 15.8. The van der Waals surface area contributed by atoms with E-state index >= 15 is 0 Å². The summed E-state index contributed by atoms with van der Waals surface area (Å²) in [7, 11) is 0. The number of fused-ring (bicyclic) bond motifs is 1. The number of amides is 1. The van der Waals surface area contributed by atoms with E-state index in [-0.39, 0.29) is 5.91 Å². The number of rotatable bonds is 2. The maximum absolute atomic E-state index is 12.2. The van der Waals surface area contributed by atoms with Crippen molar-refractivity contribution < 1.29 is 4.79 Å². The van der Waals surface area contributed by atoms with E-state index in [9.17, 15) is 4.79 Å². The Hall–Kier alpha value is -2.13. The second-order valence-corrected chi connectivity index (χ2v) is 4.85. The number of nitrogens with zero attached hydrogens (tertiary/aromatic N) is 1. The van der Waals surface area contributed by atoms with E-state index in [0.717, 1.165) is 16.7 Å².